The molecular formula is C14H15Cl2NS2. The van der Waals surface area contributed by atoms with Crippen LogP contribution in [0.2, 0.25) is 8.67 Å². The highest BCUT2D eigenvalue weighted by atomic mass is 35.5. The molecule has 1 aromatic heterocycles. The van der Waals surface area contributed by atoms with E-state index in [0.717, 1.165) is 25.7 Å². The van der Waals surface area contributed by atoms with Gasteiger partial charge in [-0.25, -0.2) is 0 Å². The quantitative estimate of drug-likeness (QED) is 0.641. The van der Waals surface area contributed by atoms with Crippen LogP contribution in [0.5, 0.6) is 0 Å². The van der Waals surface area contributed by atoms with E-state index in [4.69, 9.17) is 23.2 Å². The molecule has 0 radical (unpaired) electrons. The van der Waals surface area contributed by atoms with E-state index >= 15 is 0 Å². The summed E-state index contributed by atoms with van der Waals surface area (Å²) in [5, 5.41) is 3.51. The molecule has 5 heteroatoms. The fraction of sp³-hybridized carbons (Fsp3) is 0.286. The molecule has 19 heavy (non-hydrogen) atoms. The van der Waals surface area contributed by atoms with E-state index in [1.165, 1.54) is 16.2 Å². The second-order valence-electron chi connectivity index (χ2n) is 4.07. The summed E-state index contributed by atoms with van der Waals surface area (Å²) in [5.74, 6) is 1.05. The molecule has 1 N–H and O–H groups in total. The van der Waals surface area contributed by atoms with Crippen molar-refractivity contribution in [2.24, 2.45) is 0 Å². The zero-order chi connectivity index (χ0) is 13.8. The number of rotatable bonds is 5. The van der Waals surface area contributed by atoms with Gasteiger partial charge in [-0.1, -0.05) is 42.3 Å². The Morgan fingerprint density at radius 1 is 1.32 bits per heavy atom. The maximum atomic E-state index is 6.20. The van der Waals surface area contributed by atoms with Crippen molar-refractivity contribution in [1.82, 2.24) is 0 Å². The summed E-state index contributed by atoms with van der Waals surface area (Å²) in [6, 6.07) is 10.4. The van der Waals surface area contributed by atoms with E-state index in [1.807, 2.05) is 23.9 Å². The predicted octanol–water partition coefficient (Wildman–Crippen LogP) is 6.34. The van der Waals surface area contributed by atoms with Crippen molar-refractivity contribution < 1.29 is 0 Å². The number of thioether (sulfide) groups is 1. The van der Waals surface area contributed by atoms with E-state index in [1.54, 1.807) is 0 Å². The van der Waals surface area contributed by atoms with Crippen molar-refractivity contribution in [2.75, 3.05) is 11.1 Å². The summed E-state index contributed by atoms with van der Waals surface area (Å²) in [4.78, 5) is 1.26. The first-order valence-electron chi connectivity index (χ1n) is 6.05. The van der Waals surface area contributed by atoms with Crippen LogP contribution >= 0.6 is 46.3 Å². The smallest absolute Gasteiger partial charge is 0.0996 e. The SMILES string of the molecule is CCSc1ccccc1NC(C)c1cc(Cl)sc1Cl. The Bertz CT molecular complexity index is 554. The minimum absolute atomic E-state index is 0.134. The van der Waals surface area contributed by atoms with Crippen LogP contribution in [0, 0.1) is 0 Å². The molecule has 0 spiro atoms. The highest BCUT2D eigenvalue weighted by Crippen LogP contribution is 2.37. The summed E-state index contributed by atoms with van der Waals surface area (Å²) in [7, 11) is 0. The van der Waals surface area contributed by atoms with Crippen molar-refractivity contribution in [3.63, 3.8) is 0 Å². The van der Waals surface area contributed by atoms with Gasteiger partial charge in [-0.3, -0.25) is 0 Å². The first kappa shape index (κ1) is 15.0. The van der Waals surface area contributed by atoms with Crippen molar-refractivity contribution >= 4 is 52.0 Å². The van der Waals surface area contributed by atoms with E-state index in [-0.39, 0.29) is 6.04 Å². The molecule has 0 saturated carbocycles. The predicted molar refractivity (Wildman–Crippen MR) is 89.2 cm³/mol. The molecule has 0 aliphatic heterocycles. The third-order valence-corrected chi connectivity index (χ3v) is 5.18. The molecule has 0 bridgehead atoms. The molecule has 1 atom stereocenters. The number of hydrogen-bond acceptors (Lipinski definition) is 3. The Morgan fingerprint density at radius 2 is 2.05 bits per heavy atom. The van der Waals surface area contributed by atoms with Gasteiger partial charge in [0, 0.05) is 16.1 Å². The molecule has 1 unspecified atom stereocenters. The normalized spacial score (nSPS) is 12.4. The molecule has 2 aromatic rings. The number of thiophene rings is 1. The molecule has 0 amide bonds. The van der Waals surface area contributed by atoms with Gasteiger partial charge in [0.15, 0.2) is 0 Å². The van der Waals surface area contributed by atoms with Gasteiger partial charge in [-0.05, 0) is 30.9 Å². The molecule has 1 heterocycles. The van der Waals surface area contributed by atoms with Crippen LogP contribution in [-0.2, 0) is 0 Å². The number of nitrogens with one attached hydrogen (secondary N) is 1. The highest BCUT2D eigenvalue weighted by molar-refractivity contribution is 7.99. The molecule has 102 valence electrons. The second-order valence-corrected chi connectivity index (χ2v) is 7.67. The topological polar surface area (TPSA) is 12.0 Å². The van der Waals surface area contributed by atoms with Crippen LogP contribution in [0.1, 0.15) is 25.5 Å². The third-order valence-electron chi connectivity index (χ3n) is 2.71. The summed E-state index contributed by atoms with van der Waals surface area (Å²) in [6.45, 7) is 4.25. The van der Waals surface area contributed by atoms with Gasteiger partial charge >= 0.3 is 0 Å². The van der Waals surface area contributed by atoms with E-state index < -0.39 is 0 Å². The Morgan fingerprint density at radius 3 is 2.68 bits per heavy atom. The van der Waals surface area contributed by atoms with Gasteiger partial charge in [-0.2, -0.15) is 0 Å². The van der Waals surface area contributed by atoms with E-state index in [0.29, 0.717) is 0 Å². The highest BCUT2D eigenvalue weighted by Gasteiger charge is 2.14. The molecule has 1 nitrogen and oxygen atoms in total. The molecule has 0 saturated heterocycles. The average molecular weight is 332 g/mol. The second kappa shape index (κ2) is 6.89. The van der Waals surface area contributed by atoms with Crippen LogP contribution < -0.4 is 5.32 Å². The Balaban J connectivity index is 2.19. The fourth-order valence-corrected chi connectivity index (χ4v) is 4.24. The minimum atomic E-state index is 0.134. The monoisotopic (exact) mass is 331 g/mol. The van der Waals surface area contributed by atoms with Crippen molar-refractivity contribution in [3.8, 4) is 0 Å². The zero-order valence-electron chi connectivity index (χ0n) is 10.7. The third kappa shape index (κ3) is 3.82. The van der Waals surface area contributed by atoms with Gasteiger partial charge in [0.05, 0.1) is 14.7 Å². The van der Waals surface area contributed by atoms with Gasteiger partial charge in [0.1, 0.15) is 0 Å². The number of para-hydroxylation sites is 1. The number of halogens is 2. The van der Waals surface area contributed by atoms with Gasteiger partial charge in [0.2, 0.25) is 0 Å². The molecule has 0 aliphatic carbocycles. The lowest BCUT2D eigenvalue weighted by Crippen LogP contribution is -2.06. The summed E-state index contributed by atoms with van der Waals surface area (Å²) < 4.78 is 1.48. The molecular weight excluding hydrogens is 317 g/mol. The summed E-state index contributed by atoms with van der Waals surface area (Å²) in [5.41, 5.74) is 2.19. The van der Waals surface area contributed by atoms with Crippen LogP contribution in [0.15, 0.2) is 35.2 Å². The lowest BCUT2D eigenvalue weighted by molar-refractivity contribution is 0.885. The number of anilines is 1. The summed E-state index contributed by atoms with van der Waals surface area (Å²) in [6.07, 6.45) is 0. The summed E-state index contributed by atoms with van der Waals surface area (Å²) >= 11 is 15.4. The maximum absolute atomic E-state index is 6.20. The Labute approximate surface area is 132 Å². The van der Waals surface area contributed by atoms with E-state index in [2.05, 4.69) is 37.4 Å². The van der Waals surface area contributed by atoms with Crippen LogP contribution in [0.25, 0.3) is 0 Å². The first-order valence-corrected chi connectivity index (χ1v) is 8.60. The Kier molecular flexibility index (Phi) is 5.46. The molecule has 0 fully saturated rings. The lowest BCUT2D eigenvalue weighted by Gasteiger charge is -2.17. The van der Waals surface area contributed by atoms with Gasteiger partial charge in [-0.15, -0.1) is 23.1 Å². The zero-order valence-corrected chi connectivity index (χ0v) is 13.9. The van der Waals surface area contributed by atoms with Crippen LogP contribution in [0.3, 0.4) is 0 Å². The fourth-order valence-electron chi connectivity index (χ4n) is 1.83. The van der Waals surface area contributed by atoms with Crippen molar-refractivity contribution in [2.45, 2.75) is 24.8 Å². The minimum Gasteiger partial charge on any atom is -0.378 e. The van der Waals surface area contributed by atoms with Crippen LogP contribution in [0.4, 0.5) is 5.69 Å². The lowest BCUT2D eigenvalue weighted by atomic mass is 10.1. The Hall–Kier alpha value is -0.350. The van der Waals surface area contributed by atoms with Gasteiger partial charge < -0.3 is 5.32 Å². The number of hydrogen-bond donors (Lipinski definition) is 1. The molecule has 1 aromatic carbocycles. The van der Waals surface area contributed by atoms with Crippen molar-refractivity contribution in [3.05, 3.63) is 44.6 Å². The standard InChI is InChI=1S/C14H15Cl2NS2/c1-3-18-12-7-5-4-6-11(12)17-9(2)10-8-13(15)19-14(10)16/h4-9,17H,3H2,1-2H3. The van der Waals surface area contributed by atoms with Crippen LogP contribution in [-0.4, -0.2) is 5.75 Å². The largest absolute Gasteiger partial charge is 0.378 e. The molecule has 2 rings (SSSR count). The van der Waals surface area contributed by atoms with E-state index in [9.17, 15) is 0 Å². The maximum Gasteiger partial charge on any atom is 0.0996 e. The first-order chi connectivity index (χ1) is 9.11. The van der Waals surface area contributed by atoms with Gasteiger partial charge in [0.25, 0.3) is 0 Å². The molecule has 0 aliphatic rings. The van der Waals surface area contributed by atoms with Crippen molar-refractivity contribution in [1.29, 1.82) is 0 Å². The number of benzene rings is 1. The average Bonchev–Trinajstić information content (AvgIpc) is 2.71.